The van der Waals surface area contributed by atoms with E-state index < -0.39 is 27.4 Å². The molecule has 2 aromatic rings. The number of fused-ring (bicyclic) bond motifs is 1. The summed E-state index contributed by atoms with van der Waals surface area (Å²) in [6.07, 6.45) is 0.839. The first kappa shape index (κ1) is 30.8. The molecule has 0 radical (unpaired) electrons. The van der Waals surface area contributed by atoms with Crippen molar-refractivity contribution in [1.82, 2.24) is 19.5 Å². The van der Waals surface area contributed by atoms with Gasteiger partial charge in [-0.05, 0) is 30.6 Å². The number of ether oxygens (including phenoxy) is 1. The number of nitrogens with one attached hydrogen (secondary N) is 1. The number of carbonyl (C=O) groups is 2. The normalized spacial score (nSPS) is 19.8. The highest BCUT2D eigenvalue weighted by atomic mass is 32.2. The molecule has 1 N–H and O–H groups in total. The maximum Gasteiger partial charge on any atom is 0.256 e. The third-order valence-electron chi connectivity index (χ3n) is 7.85. The number of rotatable bonds is 14. The summed E-state index contributed by atoms with van der Waals surface area (Å²) in [6.45, 7) is 6.36. The lowest BCUT2D eigenvalue weighted by molar-refractivity contribution is -0.141. The number of piperidine rings is 1. The number of hydrogen-bond donors (Lipinski definition) is 1. The summed E-state index contributed by atoms with van der Waals surface area (Å²) >= 11 is 0. The number of carbonyl (C=O) groups excluding carboxylic acids is 2. The van der Waals surface area contributed by atoms with E-state index in [1.165, 1.54) is 5.01 Å². The van der Waals surface area contributed by atoms with Crippen LogP contribution in [-0.2, 0) is 37.4 Å². The highest BCUT2D eigenvalue weighted by Gasteiger charge is 2.54. The molecule has 2 heterocycles. The lowest BCUT2D eigenvalue weighted by atomic mass is 9.73. The summed E-state index contributed by atoms with van der Waals surface area (Å²) in [6, 6.07) is 18.1. The van der Waals surface area contributed by atoms with Crippen LogP contribution in [0.15, 0.2) is 65.8 Å². The molecule has 1 saturated heterocycles. The molecular weight excluding hydrogens is 542 g/mol. The van der Waals surface area contributed by atoms with Crippen molar-refractivity contribution in [3.63, 3.8) is 0 Å². The van der Waals surface area contributed by atoms with E-state index in [-0.39, 0.29) is 31.4 Å². The monoisotopic (exact) mass is 583 g/mol. The number of nitrogens with zero attached hydrogens (tertiary/aromatic N) is 4. The summed E-state index contributed by atoms with van der Waals surface area (Å²) in [4.78, 5) is 31.1. The Labute approximate surface area is 243 Å². The zero-order valence-corrected chi connectivity index (χ0v) is 25.0. The van der Waals surface area contributed by atoms with E-state index >= 15 is 0 Å². The molecule has 2 amide bonds. The lowest BCUT2D eigenvalue weighted by Gasteiger charge is -2.40. The number of likely N-dealkylation sites (tertiary alicyclic amines) is 1. The molecular formula is C30H41N5O5S. The molecule has 0 bridgehead atoms. The molecule has 2 unspecified atom stereocenters. The standard InChI is InChI=1S/C30H41N5O5S/c1-4-34(5-2)18-19-41(38,39)32-26(22-40-21-25-14-10-7-11-15-25)28(36)35-17-16-27-30(23-35,29(37)33(3)31-27)20-24-12-8-6-9-13-24/h6-15,26,32H,4-5,16-23H2,1-3H3. The Bertz CT molecular complexity index is 1320. The fourth-order valence-electron chi connectivity index (χ4n) is 5.52. The Morgan fingerprint density at radius 2 is 1.71 bits per heavy atom. The SMILES string of the molecule is CCN(CC)CCS(=O)(=O)NC(COCc1ccccc1)C(=O)N1CCC2=NN(C)C(=O)C2(Cc2ccccc2)C1. The molecule has 0 aliphatic carbocycles. The molecule has 0 spiro atoms. The fraction of sp³-hybridized carbons (Fsp3) is 0.500. The van der Waals surface area contributed by atoms with Gasteiger partial charge < -0.3 is 14.5 Å². The highest BCUT2D eigenvalue weighted by molar-refractivity contribution is 7.89. The predicted molar refractivity (Wildman–Crippen MR) is 159 cm³/mol. The molecule has 4 rings (SSSR count). The third kappa shape index (κ3) is 7.59. The molecule has 2 aliphatic rings. The Hall–Kier alpha value is -3.12. The van der Waals surface area contributed by atoms with Gasteiger partial charge in [0.2, 0.25) is 15.9 Å². The second kappa shape index (κ2) is 13.7. The predicted octanol–water partition coefficient (Wildman–Crippen LogP) is 2.12. The summed E-state index contributed by atoms with van der Waals surface area (Å²) < 4.78 is 34.8. The highest BCUT2D eigenvalue weighted by Crippen LogP contribution is 2.38. The van der Waals surface area contributed by atoms with Crippen molar-refractivity contribution in [3.05, 3.63) is 71.8 Å². The van der Waals surface area contributed by atoms with E-state index in [1.54, 1.807) is 11.9 Å². The van der Waals surface area contributed by atoms with Gasteiger partial charge in [-0.15, -0.1) is 0 Å². The van der Waals surface area contributed by atoms with E-state index in [9.17, 15) is 18.0 Å². The average molecular weight is 584 g/mol. The van der Waals surface area contributed by atoms with E-state index in [4.69, 9.17) is 4.74 Å². The second-order valence-corrected chi connectivity index (χ2v) is 12.5. The van der Waals surface area contributed by atoms with Crippen molar-refractivity contribution in [2.75, 3.05) is 52.1 Å². The lowest BCUT2D eigenvalue weighted by Crippen LogP contribution is -2.59. The zero-order valence-electron chi connectivity index (χ0n) is 24.2. The van der Waals surface area contributed by atoms with Gasteiger partial charge in [0.25, 0.3) is 5.91 Å². The van der Waals surface area contributed by atoms with E-state index in [1.807, 2.05) is 79.4 Å². The molecule has 10 nitrogen and oxygen atoms in total. The van der Waals surface area contributed by atoms with Gasteiger partial charge in [-0.2, -0.15) is 5.10 Å². The van der Waals surface area contributed by atoms with Crippen LogP contribution in [0.25, 0.3) is 0 Å². The Balaban J connectivity index is 1.54. The second-order valence-electron chi connectivity index (χ2n) is 10.6. The first-order valence-electron chi connectivity index (χ1n) is 14.2. The van der Waals surface area contributed by atoms with Crippen molar-refractivity contribution in [1.29, 1.82) is 0 Å². The Morgan fingerprint density at radius 1 is 1.07 bits per heavy atom. The minimum atomic E-state index is -3.79. The quantitative estimate of drug-likeness (QED) is 0.365. The maximum atomic E-state index is 14.0. The molecule has 11 heteroatoms. The van der Waals surface area contributed by atoms with Gasteiger partial charge in [0.1, 0.15) is 11.5 Å². The maximum absolute atomic E-state index is 14.0. The summed E-state index contributed by atoms with van der Waals surface area (Å²) in [5.41, 5.74) is 1.66. The first-order chi connectivity index (χ1) is 19.7. The molecule has 2 aliphatic heterocycles. The summed E-state index contributed by atoms with van der Waals surface area (Å²) in [5.74, 6) is -0.696. The molecule has 0 saturated carbocycles. The van der Waals surface area contributed by atoms with Crippen LogP contribution < -0.4 is 4.72 Å². The van der Waals surface area contributed by atoms with Crippen LogP contribution in [0, 0.1) is 5.41 Å². The number of amides is 2. The number of sulfonamides is 1. The Kier molecular flexibility index (Phi) is 10.3. The van der Waals surface area contributed by atoms with Crippen molar-refractivity contribution >= 4 is 27.5 Å². The van der Waals surface area contributed by atoms with Crippen molar-refractivity contribution < 1.29 is 22.7 Å². The Morgan fingerprint density at radius 3 is 2.34 bits per heavy atom. The van der Waals surface area contributed by atoms with Crippen LogP contribution in [0.4, 0.5) is 0 Å². The fourth-order valence-corrected chi connectivity index (χ4v) is 6.74. The van der Waals surface area contributed by atoms with E-state index in [0.717, 1.165) is 29.9 Å². The van der Waals surface area contributed by atoms with Crippen LogP contribution in [0.2, 0.25) is 0 Å². The van der Waals surface area contributed by atoms with Crippen LogP contribution in [0.3, 0.4) is 0 Å². The van der Waals surface area contributed by atoms with Crippen molar-refractivity contribution in [3.8, 4) is 0 Å². The van der Waals surface area contributed by atoms with Crippen LogP contribution in [0.5, 0.6) is 0 Å². The molecule has 1 fully saturated rings. The van der Waals surface area contributed by atoms with Crippen molar-refractivity contribution in [2.24, 2.45) is 10.5 Å². The van der Waals surface area contributed by atoms with Gasteiger partial charge in [-0.3, -0.25) is 9.59 Å². The van der Waals surface area contributed by atoms with Crippen LogP contribution in [0.1, 0.15) is 31.4 Å². The van der Waals surface area contributed by atoms with Gasteiger partial charge in [0, 0.05) is 33.1 Å². The molecule has 2 aromatic carbocycles. The van der Waals surface area contributed by atoms with Gasteiger partial charge in [0.15, 0.2) is 0 Å². The minimum absolute atomic E-state index is 0.124. The van der Waals surface area contributed by atoms with Gasteiger partial charge in [-0.25, -0.2) is 18.1 Å². The van der Waals surface area contributed by atoms with E-state index in [0.29, 0.717) is 25.9 Å². The molecule has 0 aromatic heterocycles. The molecule has 2 atom stereocenters. The van der Waals surface area contributed by atoms with Gasteiger partial charge in [0.05, 0.1) is 24.7 Å². The number of hydrazone groups is 1. The van der Waals surface area contributed by atoms with E-state index in [2.05, 4.69) is 9.82 Å². The average Bonchev–Trinajstić information content (AvgIpc) is 3.22. The first-order valence-corrected chi connectivity index (χ1v) is 15.9. The third-order valence-corrected chi connectivity index (χ3v) is 9.22. The molecule has 41 heavy (non-hydrogen) atoms. The van der Waals surface area contributed by atoms with Crippen LogP contribution >= 0.6 is 0 Å². The zero-order chi connectivity index (χ0) is 29.5. The van der Waals surface area contributed by atoms with Gasteiger partial charge in [-0.1, -0.05) is 74.5 Å². The topological polar surface area (TPSA) is 112 Å². The summed E-state index contributed by atoms with van der Waals surface area (Å²) in [7, 11) is -2.16. The smallest absolute Gasteiger partial charge is 0.256 e. The molecule has 222 valence electrons. The summed E-state index contributed by atoms with van der Waals surface area (Å²) in [5, 5.41) is 5.88. The minimum Gasteiger partial charge on any atom is -0.375 e. The largest absolute Gasteiger partial charge is 0.375 e. The number of benzene rings is 2. The van der Waals surface area contributed by atoms with Crippen LogP contribution in [-0.4, -0.2) is 98.9 Å². The van der Waals surface area contributed by atoms with Crippen molar-refractivity contribution in [2.45, 2.75) is 39.3 Å². The number of hydrogen-bond acceptors (Lipinski definition) is 7. The van der Waals surface area contributed by atoms with Gasteiger partial charge >= 0.3 is 0 Å².